The Balaban J connectivity index is 2.59. The van der Waals surface area contributed by atoms with E-state index in [-0.39, 0.29) is 24.5 Å². The molecule has 0 spiro atoms. The summed E-state index contributed by atoms with van der Waals surface area (Å²) in [6.45, 7) is 7.33. The SMILES string of the molecule is CO[C@H]1C=C[C@@H](OC(=O)C(C)(C)C)[C@H](C)O1. The Morgan fingerprint density at radius 3 is 2.38 bits per heavy atom. The normalized spacial score (nSPS) is 30.2. The molecule has 0 aromatic carbocycles. The van der Waals surface area contributed by atoms with Crippen LogP contribution in [0.5, 0.6) is 0 Å². The predicted octanol–water partition coefficient (Wildman–Crippen LogP) is 1.89. The second-order valence-corrected chi connectivity index (χ2v) is 4.95. The smallest absolute Gasteiger partial charge is 0.311 e. The van der Waals surface area contributed by atoms with Crippen molar-refractivity contribution >= 4 is 5.97 Å². The number of ether oxygens (including phenoxy) is 3. The summed E-state index contributed by atoms with van der Waals surface area (Å²) in [4.78, 5) is 11.7. The van der Waals surface area contributed by atoms with Crippen LogP contribution in [0.3, 0.4) is 0 Å². The highest BCUT2D eigenvalue weighted by atomic mass is 16.7. The summed E-state index contributed by atoms with van der Waals surface area (Å²) in [5.74, 6) is -0.228. The minimum Gasteiger partial charge on any atom is -0.455 e. The molecule has 0 bridgehead atoms. The van der Waals surface area contributed by atoms with Gasteiger partial charge >= 0.3 is 5.97 Å². The quantitative estimate of drug-likeness (QED) is 0.535. The molecule has 0 radical (unpaired) electrons. The van der Waals surface area contributed by atoms with Gasteiger partial charge in [-0.2, -0.15) is 0 Å². The molecule has 4 nitrogen and oxygen atoms in total. The van der Waals surface area contributed by atoms with E-state index in [1.807, 2.05) is 33.8 Å². The third-order valence-corrected chi connectivity index (χ3v) is 2.36. The van der Waals surface area contributed by atoms with Crippen LogP contribution in [0.15, 0.2) is 12.2 Å². The number of hydrogen-bond acceptors (Lipinski definition) is 4. The van der Waals surface area contributed by atoms with Gasteiger partial charge in [0.05, 0.1) is 11.5 Å². The highest BCUT2D eigenvalue weighted by molar-refractivity contribution is 5.75. The first-order valence-corrected chi connectivity index (χ1v) is 5.42. The van der Waals surface area contributed by atoms with E-state index in [1.165, 1.54) is 0 Å². The van der Waals surface area contributed by atoms with Crippen LogP contribution in [-0.2, 0) is 19.0 Å². The molecule has 0 N–H and O–H groups in total. The van der Waals surface area contributed by atoms with E-state index in [2.05, 4.69) is 0 Å². The fourth-order valence-electron chi connectivity index (χ4n) is 1.26. The maximum absolute atomic E-state index is 11.7. The van der Waals surface area contributed by atoms with Gasteiger partial charge in [0.1, 0.15) is 6.10 Å². The van der Waals surface area contributed by atoms with Crippen molar-refractivity contribution in [2.75, 3.05) is 7.11 Å². The van der Waals surface area contributed by atoms with Gasteiger partial charge in [0, 0.05) is 7.11 Å². The van der Waals surface area contributed by atoms with E-state index in [0.717, 1.165) is 0 Å². The average Bonchev–Trinajstić information content (AvgIpc) is 2.19. The minimum absolute atomic E-state index is 0.193. The first kappa shape index (κ1) is 13.2. The lowest BCUT2D eigenvalue weighted by atomic mass is 9.97. The number of carbonyl (C=O) groups excluding carboxylic acids is 1. The summed E-state index contributed by atoms with van der Waals surface area (Å²) < 4.78 is 15.9. The Kier molecular flexibility index (Phi) is 4.10. The topological polar surface area (TPSA) is 44.8 Å². The average molecular weight is 228 g/mol. The first-order valence-electron chi connectivity index (χ1n) is 5.42. The zero-order valence-corrected chi connectivity index (χ0v) is 10.5. The van der Waals surface area contributed by atoms with Gasteiger partial charge in [0.2, 0.25) is 0 Å². The molecule has 1 aliphatic rings. The zero-order valence-electron chi connectivity index (χ0n) is 10.5. The largest absolute Gasteiger partial charge is 0.455 e. The predicted molar refractivity (Wildman–Crippen MR) is 59.8 cm³/mol. The minimum atomic E-state index is -0.494. The third kappa shape index (κ3) is 3.32. The highest BCUT2D eigenvalue weighted by Crippen LogP contribution is 2.21. The lowest BCUT2D eigenvalue weighted by Crippen LogP contribution is -2.39. The van der Waals surface area contributed by atoms with Crippen LogP contribution in [-0.4, -0.2) is 31.6 Å². The van der Waals surface area contributed by atoms with Gasteiger partial charge in [-0.25, -0.2) is 0 Å². The molecule has 0 unspecified atom stereocenters. The van der Waals surface area contributed by atoms with Gasteiger partial charge < -0.3 is 14.2 Å². The molecule has 0 fully saturated rings. The van der Waals surface area contributed by atoms with Crippen molar-refractivity contribution in [3.63, 3.8) is 0 Å². The number of rotatable bonds is 2. The second kappa shape index (κ2) is 4.97. The first-order chi connectivity index (χ1) is 7.34. The van der Waals surface area contributed by atoms with Gasteiger partial charge in [-0.15, -0.1) is 0 Å². The summed E-state index contributed by atoms with van der Waals surface area (Å²) in [6.07, 6.45) is 2.69. The van der Waals surface area contributed by atoms with Crippen molar-refractivity contribution in [1.82, 2.24) is 0 Å². The van der Waals surface area contributed by atoms with Gasteiger partial charge in [-0.3, -0.25) is 4.79 Å². The molecule has 3 atom stereocenters. The fourth-order valence-corrected chi connectivity index (χ4v) is 1.26. The van der Waals surface area contributed by atoms with Crippen molar-refractivity contribution in [2.45, 2.75) is 46.2 Å². The van der Waals surface area contributed by atoms with Crippen LogP contribution < -0.4 is 0 Å². The molecule has 1 rings (SSSR count). The molecule has 92 valence electrons. The van der Waals surface area contributed by atoms with Crippen LogP contribution in [0.4, 0.5) is 0 Å². The summed E-state index contributed by atoms with van der Waals surface area (Å²) in [5, 5.41) is 0. The molecule has 0 aromatic heterocycles. The van der Waals surface area contributed by atoms with E-state index >= 15 is 0 Å². The molecule has 0 saturated heterocycles. The zero-order chi connectivity index (χ0) is 12.3. The lowest BCUT2D eigenvalue weighted by Gasteiger charge is -2.30. The van der Waals surface area contributed by atoms with Gasteiger partial charge in [-0.1, -0.05) is 0 Å². The Labute approximate surface area is 96.6 Å². The maximum atomic E-state index is 11.7. The molecule has 0 aromatic rings. The Hall–Kier alpha value is -0.870. The summed E-state index contributed by atoms with van der Waals surface area (Å²) in [6, 6.07) is 0. The Morgan fingerprint density at radius 1 is 1.31 bits per heavy atom. The Morgan fingerprint density at radius 2 is 1.94 bits per heavy atom. The molecule has 0 saturated carbocycles. The van der Waals surface area contributed by atoms with E-state index in [9.17, 15) is 4.79 Å². The molecular weight excluding hydrogens is 208 g/mol. The number of esters is 1. The fraction of sp³-hybridized carbons (Fsp3) is 0.750. The monoisotopic (exact) mass is 228 g/mol. The highest BCUT2D eigenvalue weighted by Gasteiger charge is 2.31. The van der Waals surface area contributed by atoms with Crippen LogP contribution in [0.1, 0.15) is 27.7 Å². The van der Waals surface area contributed by atoms with Crippen LogP contribution in [0.2, 0.25) is 0 Å². The van der Waals surface area contributed by atoms with E-state index in [0.29, 0.717) is 0 Å². The summed E-state index contributed by atoms with van der Waals surface area (Å²) >= 11 is 0. The van der Waals surface area contributed by atoms with Crippen molar-refractivity contribution in [3.05, 3.63) is 12.2 Å². The number of methoxy groups -OCH3 is 1. The third-order valence-electron chi connectivity index (χ3n) is 2.36. The van der Waals surface area contributed by atoms with Crippen molar-refractivity contribution < 1.29 is 19.0 Å². The second-order valence-electron chi connectivity index (χ2n) is 4.95. The van der Waals surface area contributed by atoms with E-state index in [4.69, 9.17) is 14.2 Å². The molecule has 4 heteroatoms. The molecular formula is C12H20O4. The number of hydrogen-bond donors (Lipinski definition) is 0. The summed E-state index contributed by atoms with van der Waals surface area (Å²) in [5.41, 5.74) is -0.494. The lowest BCUT2D eigenvalue weighted by molar-refractivity contribution is -0.181. The molecule has 0 aliphatic carbocycles. The van der Waals surface area contributed by atoms with Crippen molar-refractivity contribution in [2.24, 2.45) is 5.41 Å². The van der Waals surface area contributed by atoms with Crippen molar-refractivity contribution in [3.8, 4) is 0 Å². The van der Waals surface area contributed by atoms with Crippen LogP contribution >= 0.6 is 0 Å². The van der Waals surface area contributed by atoms with Crippen molar-refractivity contribution in [1.29, 1.82) is 0 Å². The van der Waals surface area contributed by atoms with Crippen LogP contribution in [0, 0.1) is 5.41 Å². The van der Waals surface area contributed by atoms with Gasteiger partial charge in [-0.05, 0) is 39.8 Å². The Bertz CT molecular complexity index is 277. The van der Waals surface area contributed by atoms with Gasteiger partial charge in [0.25, 0.3) is 0 Å². The van der Waals surface area contributed by atoms with Gasteiger partial charge in [0.15, 0.2) is 6.29 Å². The standard InChI is InChI=1S/C12H20O4/c1-8-9(6-7-10(14-5)15-8)16-11(13)12(2,3)4/h6-10H,1-5H3/t8-,9+,10+/m0/s1. The molecule has 16 heavy (non-hydrogen) atoms. The molecule has 1 heterocycles. The molecule has 0 amide bonds. The van der Waals surface area contributed by atoms with E-state index in [1.54, 1.807) is 13.2 Å². The number of carbonyl (C=O) groups is 1. The van der Waals surface area contributed by atoms with E-state index < -0.39 is 5.41 Å². The maximum Gasteiger partial charge on any atom is 0.311 e. The van der Waals surface area contributed by atoms with Crippen LogP contribution in [0.25, 0.3) is 0 Å². The molecule has 1 aliphatic heterocycles. The summed E-state index contributed by atoms with van der Waals surface area (Å²) in [7, 11) is 1.57.